The molecule has 2 aromatic carbocycles. The van der Waals surface area contributed by atoms with Crippen molar-refractivity contribution in [2.45, 2.75) is 0 Å². The first-order valence-corrected chi connectivity index (χ1v) is 7.11. The summed E-state index contributed by atoms with van der Waals surface area (Å²) in [6, 6.07) is 20.8. The molecule has 0 aliphatic heterocycles. The number of ketones is 1. The fourth-order valence-corrected chi connectivity index (χ4v) is 2.17. The summed E-state index contributed by atoms with van der Waals surface area (Å²) in [5, 5.41) is 0. The number of aromatic nitrogens is 1. The van der Waals surface area contributed by atoms with Gasteiger partial charge in [-0.3, -0.25) is 9.78 Å². The molecule has 3 aromatic rings. The minimum absolute atomic E-state index is 0.0465. The van der Waals surface area contributed by atoms with Gasteiger partial charge >= 0.3 is 0 Å². The van der Waals surface area contributed by atoms with E-state index in [0.29, 0.717) is 11.1 Å². The number of rotatable bonds is 4. The Morgan fingerprint density at radius 3 is 1.86 bits per heavy atom. The Bertz CT molecular complexity index is 775. The third-order valence-electron chi connectivity index (χ3n) is 3.38. The van der Waals surface area contributed by atoms with Gasteiger partial charge in [0.25, 0.3) is 0 Å². The van der Waals surface area contributed by atoms with Crippen molar-refractivity contribution in [3.8, 4) is 0 Å². The summed E-state index contributed by atoms with van der Waals surface area (Å²) in [6.07, 6.45) is 7.57. The maximum atomic E-state index is 12.3. The lowest BCUT2D eigenvalue weighted by Crippen LogP contribution is -2.00. The molecule has 0 aliphatic rings. The molecule has 0 saturated heterocycles. The van der Waals surface area contributed by atoms with E-state index in [4.69, 9.17) is 0 Å². The summed E-state index contributed by atoms with van der Waals surface area (Å²) in [6.45, 7) is 0. The van der Waals surface area contributed by atoms with Crippen LogP contribution in [0.4, 0.5) is 0 Å². The zero-order valence-electron chi connectivity index (χ0n) is 12.0. The van der Waals surface area contributed by atoms with Gasteiger partial charge in [-0.05, 0) is 23.3 Å². The maximum absolute atomic E-state index is 12.3. The van der Waals surface area contributed by atoms with Crippen molar-refractivity contribution < 1.29 is 4.79 Å². The van der Waals surface area contributed by atoms with Crippen molar-refractivity contribution in [1.82, 2.24) is 4.98 Å². The highest BCUT2D eigenvalue weighted by atomic mass is 16.1. The molecule has 0 fully saturated rings. The van der Waals surface area contributed by atoms with E-state index in [9.17, 15) is 4.79 Å². The molecule has 0 unspecified atom stereocenters. The number of carbonyl (C=O) groups excluding carboxylic acids is 1. The van der Waals surface area contributed by atoms with Crippen LogP contribution in [0.2, 0.25) is 0 Å². The Hall–Kier alpha value is -3.00. The maximum Gasteiger partial charge on any atom is 0.193 e. The summed E-state index contributed by atoms with van der Waals surface area (Å²) in [5.41, 5.74) is 3.57. The van der Waals surface area contributed by atoms with E-state index in [1.54, 1.807) is 12.4 Å². The fourth-order valence-electron chi connectivity index (χ4n) is 2.17. The van der Waals surface area contributed by atoms with Crippen molar-refractivity contribution in [2.75, 3.05) is 0 Å². The van der Waals surface area contributed by atoms with Crippen LogP contribution in [0, 0.1) is 0 Å². The number of hydrogen-bond acceptors (Lipinski definition) is 2. The van der Waals surface area contributed by atoms with Crippen molar-refractivity contribution >= 4 is 17.9 Å². The molecule has 2 heteroatoms. The van der Waals surface area contributed by atoms with Crippen LogP contribution >= 0.6 is 0 Å². The van der Waals surface area contributed by atoms with Gasteiger partial charge in [-0.15, -0.1) is 0 Å². The largest absolute Gasteiger partial charge is 0.289 e. The van der Waals surface area contributed by atoms with Gasteiger partial charge in [0, 0.05) is 23.5 Å². The van der Waals surface area contributed by atoms with E-state index in [-0.39, 0.29) is 5.78 Å². The van der Waals surface area contributed by atoms with Crippen LogP contribution in [-0.4, -0.2) is 10.8 Å². The van der Waals surface area contributed by atoms with E-state index in [0.717, 1.165) is 11.1 Å². The molecule has 1 aromatic heterocycles. The van der Waals surface area contributed by atoms with Gasteiger partial charge in [0.1, 0.15) is 0 Å². The lowest BCUT2D eigenvalue weighted by molar-refractivity contribution is 0.103. The van der Waals surface area contributed by atoms with Crippen molar-refractivity contribution in [1.29, 1.82) is 0 Å². The molecule has 0 radical (unpaired) electrons. The second-order valence-corrected chi connectivity index (χ2v) is 4.93. The first kappa shape index (κ1) is 14.0. The molecule has 0 saturated carbocycles. The number of benzene rings is 2. The van der Waals surface area contributed by atoms with Crippen LogP contribution < -0.4 is 0 Å². The molecule has 0 N–H and O–H groups in total. The zero-order valence-corrected chi connectivity index (χ0v) is 12.0. The van der Waals surface area contributed by atoms with Crippen molar-refractivity contribution in [3.63, 3.8) is 0 Å². The highest BCUT2D eigenvalue weighted by Crippen LogP contribution is 2.13. The first-order chi connectivity index (χ1) is 10.8. The SMILES string of the molecule is O=C(c1ccccc1)c1ccc(/C=C/c2ccncc2)cc1. The van der Waals surface area contributed by atoms with E-state index >= 15 is 0 Å². The summed E-state index contributed by atoms with van der Waals surface area (Å²) in [7, 11) is 0. The summed E-state index contributed by atoms with van der Waals surface area (Å²) >= 11 is 0. The highest BCUT2D eigenvalue weighted by molar-refractivity contribution is 6.09. The lowest BCUT2D eigenvalue weighted by Gasteiger charge is -2.01. The summed E-state index contributed by atoms with van der Waals surface area (Å²) in [4.78, 5) is 16.3. The molecule has 2 nitrogen and oxygen atoms in total. The molecule has 22 heavy (non-hydrogen) atoms. The average Bonchev–Trinajstić information content (AvgIpc) is 2.61. The second-order valence-electron chi connectivity index (χ2n) is 4.93. The highest BCUT2D eigenvalue weighted by Gasteiger charge is 2.07. The number of nitrogens with zero attached hydrogens (tertiary/aromatic N) is 1. The van der Waals surface area contributed by atoms with Gasteiger partial charge in [0.2, 0.25) is 0 Å². The minimum atomic E-state index is 0.0465. The Kier molecular flexibility index (Phi) is 4.21. The molecule has 106 valence electrons. The number of hydrogen-bond donors (Lipinski definition) is 0. The number of pyridine rings is 1. The standard InChI is InChI=1S/C20H15NO/c22-20(18-4-2-1-3-5-18)19-10-8-16(9-11-19)6-7-17-12-14-21-15-13-17/h1-15H/b7-6+. The topological polar surface area (TPSA) is 30.0 Å². The molecule has 3 rings (SSSR count). The van der Waals surface area contributed by atoms with Crippen molar-refractivity contribution in [2.24, 2.45) is 0 Å². The fraction of sp³-hybridized carbons (Fsp3) is 0. The predicted molar refractivity (Wildman–Crippen MR) is 89.5 cm³/mol. The van der Waals surface area contributed by atoms with Gasteiger partial charge in [0.05, 0.1) is 0 Å². The summed E-state index contributed by atoms with van der Waals surface area (Å²) < 4.78 is 0. The zero-order chi connectivity index (χ0) is 15.2. The monoisotopic (exact) mass is 285 g/mol. The van der Waals surface area contributed by atoms with Crippen LogP contribution in [-0.2, 0) is 0 Å². The average molecular weight is 285 g/mol. The molecular formula is C20H15NO. The van der Waals surface area contributed by atoms with E-state index < -0.39 is 0 Å². The Labute approximate surface area is 129 Å². The molecule has 0 spiro atoms. The summed E-state index contributed by atoms with van der Waals surface area (Å²) in [5.74, 6) is 0.0465. The van der Waals surface area contributed by atoms with Crippen LogP contribution in [0.25, 0.3) is 12.2 Å². The third-order valence-corrected chi connectivity index (χ3v) is 3.38. The normalized spacial score (nSPS) is 10.7. The van der Waals surface area contributed by atoms with Crippen LogP contribution in [0.15, 0.2) is 79.1 Å². The van der Waals surface area contributed by atoms with Crippen LogP contribution in [0.5, 0.6) is 0 Å². The van der Waals surface area contributed by atoms with E-state index in [2.05, 4.69) is 4.98 Å². The van der Waals surface area contributed by atoms with Gasteiger partial charge < -0.3 is 0 Å². The second kappa shape index (κ2) is 6.64. The minimum Gasteiger partial charge on any atom is -0.289 e. The molecule has 0 aliphatic carbocycles. The first-order valence-electron chi connectivity index (χ1n) is 7.11. The third kappa shape index (κ3) is 3.36. The molecular weight excluding hydrogens is 270 g/mol. The lowest BCUT2D eigenvalue weighted by atomic mass is 10.0. The van der Waals surface area contributed by atoms with E-state index in [1.165, 1.54) is 0 Å². The Morgan fingerprint density at radius 2 is 1.23 bits per heavy atom. The Balaban J connectivity index is 1.76. The van der Waals surface area contributed by atoms with E-state index in [1.807, 2.05) is 78.9 Å². The Morgan fingerprint density at radius 1 is 0.682 bits per heavy atom. The van der Waals surface area contributed by atoms with Gasteiger partial charge in [0.15, 0.2) is 5.78 Å². The van der Waals surface area contributed by atoms with Crippen LogP contribution in [0.1, 0.15) is 27.0 Å². The quantitative estimate of drug-likeness (QED) is 0.661. The smallest absolute Gasteiger partial charge is 0.193 e. The molecule has 0 atom stereocenters. The van der Waals surface area contributed by atoms with Gasteiger partial charge in [-0.2, -0.15) is 0 Å². The van der Waals surface area contributed by atoms with Crippen molar-refractivity contribution in [3.05, 3.63) is 101 Å². The molecule has 0 bridgehead atoms. The molecule has 0 amide bonds. The molecule has 1 heterocycles. The van der Waals surface area contributed by atoms with Gasteiger partial charge in [-0.25, -0.2) is 0 Å². The van der Waals surface area contributed by atoms with Crippen LogP contribution in [0.3, 0.4) is 0 Å². The number of carbonyl (C=O) groups is 1. The predicted octanol–water partition coefficient (Wildman–Crippen LogP) is 4.48. The van der Waals surface area contributed by atoms with Gasteiger partial charge in [-0.1, -0.05) is 66.7 Å².